The number of thioether (sulfide) groups is 1. The molecule has 4 aromatic rings. The van der Waals surface area contributed by atoms with Crippen molar-refractivity contribution in [3.63, 3.8) is 0 Å². The Hall–Kier alpha value is -3.99. The number of anilines is 2. The lowest BCUT2D eigenvalue weighted by Crippen LogP contribution is -2.20. The fraction of sp³-hybridized carbons (Fsp3) is 0.143. The lowest BCUT2D eigenvalue weighted by atomic mass is 10.2. The molecule has 0 saturated heterocycles. The predicted molar refractivity (Wildman–Crippen MR) is 118 cm³/mol. The molecule has 0 fully saturated rings. The van der Waals surface area contributed by atoms with E-state index in [9.17, 15) is 4.79 Å². The van der Waals surface area contributed by atoms with Crippen molar-refractivity contribution in [1.82, 2.24) is 19.9 Å². The van der Waals surface area contributed by atoms with Crippen molar-refractivity contribution in [2.24, 2.45) is 0 Å². The summed E-state index contributed by atoms with van der Waals surface area (Å²) < 4.78 is 17.5. The molecule has 32 heavy (non-hydrogen) atoms. The molecule has 3 heterocycles. The molecule has 2 aromatic heterocycles. The standard InChI is InChI=1S/C21H18N6O4S/c1-32-21-17(20-24-19(26-31-20)12-5-3-2-4-6-12)18(22)27(25-21)10-16(28)23-13-7-8-14-15(9-13)30-11-29-14/h2-9H,10-11,22H2,1H3,(H,23,28). The molecule has 3 N–H and O–H groups in total. The van der Waals surface area contributed by atoms with E-state index < -0.39 is 0 Å². The first-order chi connectivity index (χ1) is 15.6. The third-order valence-corrected chi connectivity index (χ3v) is 5.45. The van der Waals surface area contributed by atoms with Gasteiger partial charge in [-0.2, -0.15) is 10.1 Å². The highest BCUT2D eigenvalue weighted by atomic mass is 32.2. The number of aromatic nitrogens is 4. The van der Waals surface area contributed by atoms with Crippen molar-refractivity contribution in [1.29, 1.82) is 0 Å². The summed E-state index contributed by atoms with van der Waals surface area (Å²) >= 11 is 1.37. The highest BCUT2D eigenvalue weighted by molar-refractivity contribution is 7.98. The molecule has 1 aliphatic rings. The molecule has 0 spiro atoms. The first kappa shape index (κ1) is 19.9. The van der Waals surface area contributed by atoms with E-state index in [0.29, 0.717) is 33.6 Å². The molecule has 162 valence electrons. The van der Waals surface area contributed by atoms with Crippen molar-refractivity contribution < 1.29 is 18.8 Å². The Balaban J connectivity index is 1.37. The number of hydrogen-bond acceptors (Lipinski definition) is 9. The number of carbonyl (C=O) groups is 1. The van der Waals surface area contributed by atoms with E-state index in [-0.39, 0.29) is 31.0 Å². The van der Waals surface area contributed by atoms with Crippen LogP contribution in [-0.2, 0) is 11.3 Å². The van der Waals surface area contributed by atoms with Crippen molar-refractivity contribution >= 4 is 29.2 Å². The van der Waals surface area contributed by atoms with E-state index >= 15 is 0 Å². The summed E-state index contributed by atoms with van der Waals surface area (Å²) in [5, 5.41) is 11.9. The van der Waals surface area contributed by atoms with E-state index in [1.54, 1.807) is 18.2 Å². The second kappa shape index (κ2) is 8.27. The number of carbonyl (C=O) groups excluding carboxylic acids is 1. The second-order valence-corrected chi connectivity index (χ2v) is 7.63. The average Bonchev–Trinajstić information content (AvgIpc) is 3.53. The minimum Gasteiger partial charge on any atom is -0.454 e. The first-order valence-electron chi connectivity index (χ1n) is 9.61. The molecule has 0 unspecified atom stereocenters. The highest BCUT2D eigenvalue weighted by Crippen LogP contribution is 2.36. The topological polar surface area (TPSA) is 130 Å². The molecular weight excluding hydrogens is 432 g/mol. The zero-order valence-corrected chi connectivity index (χ0v) is 17.8. The van der Waals surface area contributed by atoms with Gasteiger partial charge >= 0.3 is 0 Å². The van der Waals surface area contributed by atoms with Crippen LogP contribution in [0.3, 0.4) is 0 Å². The predicted octanol–water partition coefficient (Wildman–Crippen LogP) is 3.27. The van der Waals surface area contributed by atoms with Crippen LogP contribution in [0.1, 0.15) is 0 Å². The van der Waals surface area contributed by atoms with E-state index in [1.807, 2.05) is 36.6 Å². The zero-order valence-electron chi connectivity index (χ0n) is 16.9. The molecule has 0 saturated carbocycles. The Morgan fingerprint density at radius 2 is 2.00 bits per heavy atom. The molecule has 0 aliphatic carbocycles. The quantitative estimate of drug-likeness (QED) is 0.425. The maximum atomic E-state index is 12.6. The number of rotatable bonds is 6. The van der Waals surface area contributed by atoms with Gasteiger partial charge in [0.1, 0.15) is 23.0 Å². The fourth-order valence-corrected chi connectivity index (χ4v) is 3.83. The van der Waals surface area contributed by atoms with E-state index in [2.05, 4.69) is 20.6 Å². The van der Waals surface area contributed by atoms with Crippen LogP contribution in [0, 0.1) is 0 Å². The molecule has 0 atom stereocenters. The molecule has 10 nitrogen and oxygen atoms in total. The monoisotopic (exact) mass is 450 g/mol. The van der Waals surface area contributed by atoms with Crippen molar-refractivity contribution in [2.75, 3.05) is 24.1 Å². The number of ether oxygens (including phenoxy) is 2. The van der Waals surface area contributed by atoms with Gasteiger partial charge in [0, 0.05) is 17.3 Å². The van der Waals surface area contributed by atoms with Gasteiger partial charge in [0.2, 0.25) is 18.5 Å². The van der Waals surface area contributed by atoms with Gasteiger partial charge in [0.15, 0.2) is 11.5 Å². The number of amides is 1. The number of nitrogen functional groups attached to an aromatic ring is 1. The van der Waals surface area contributed by atoms with Crippen LogP contribution in [0.2, 0.25) is 0 Å². The van der Waals surface area contributed by atoms with Crippen LogP contribution in [-0.4, -0.2) is 38.9 Å². The summed E-state index contributed by atoms with van der Waals surface area (Å²) in [4.78, 5) is 17.1. The van der Waals surface area contributed by atoms with Crippen molar-refractivity contribution in [3.8, 4) is 34.3 Å². The number of nitrogens with zero attached hydrogens (tertiary/aromatic N) is 4. The molecule has 0 radical (unpaired) electrons. The average molecular weight is 450 g/mol. The number of fused-ring (bicyclic) bond motifs is 1. The number of nitrogens with two attached hydrogens (primary N) is 1. The summed E-state index contributed by atoms with van der Waals surface area (Å²) in [5.74, 6) is 1.88. The molecular formula is C21H18N6O4S. The second-order valence-electron chi connectivity index (χ2n) is 6.83. The minimum absolute atomic E-state index is 0.0898. The van der Waals surface area contributed by atoms with Gasteiger partial charge in [0.05, 0.1) is 0 Å². The Labute approximate surface area is 186 Å². The third kappa shape index (κ3) is 3.73. The Bertz CT molecular complexity index is 1290. The van der Waals surface area contributed by atoms with Crippen LogP contribution in [0.15, 0.2) is 58.1 Å². The van der Waals surface area contributed by atoms with E-state index in [1.165, 1.54) is 16.4 Å². The van der Waals surface area contributed by atoms with Gasteiger partial charge in [-0.05, 0) is 18.4 Å². The maximum Gasteiger partial charge on any atom is 0.264 e. The Morgan fingerprint density at radius 1 is 1.19 bits per heavy atom. The number of hydrogen-bond donors (Lipinski definition) is 2. The SMILES string of the molecule is CSc1nn(CC(=O)Nc2ccc3c(c2)OCO3)c(N)c1-c1nc(-c2ccccc2)no1. The third-order valence-electron chi connectivity index (χ3n) is 4.77. The molecule has 11 heteroatoms. The summed E-state index contributed by atoms with van der Waals surface area (Å²) in [6.07, 6.45) is 1.86. The van der Waals surface area contributed by atoms with Crippen molar-refractivity contribution in [2.45, 2.75) is 11.6 Å². The normalized spacial score (nSPS) is 12.2. The zero-order chi connectivity index (χ0) is 22.1. The molecule has 1 amide bonds. The summed E-state index contributed by atoms with van der Waals surface area (Å²) in [7, 11) is 0. The largest absolute Gasteiger partial charge is 0.454 e. The fourth-order valence-electron chi connectivity index (χ4n) is 3.26. The number of benzene rings is 2. The van der Waals surface area contributed by atoms with Crippen LogP contribution in [0.25, 0.3) is 22.8 Å². The van der Waals surface area contributed by atoms with Crippen LogP contribution >= 0.6 is 11.8 Å². The number of nitrogens with one attached hydrogen (secondary N) is 1. The molecule has 0 bridgehead atoms. The Kier molecular flexibility index (Phi) is 5.15. The van der Waals surface area contributed by atoms with Crippen LogP contribution in [0.4, 0.5) is 11.5 Å². The Morgan fingerprint density at radius 3 is 2.81 bits per heavy atom. The van der Waals surface area contributed by atoms with Crippen molar-refractivity contribution in [3.05, 3.63) is 48.5 Å². The lowest BCUT2D eigenvalue weighted by Gasteiger charge is -2.07. The summed E-state index contributed by atoms with van der Waals surface area (Å²) in [6.45, 7) is 0.0754. The molecule has 5 rings (SSSR count). The van der Waals surface area contributed by atoms with Crippen LogP contribution in [0.5, 0.6) is 11.5 Å². The van der Waals surface area contributed by atoms with E-state index in [4.69, 9.17) is 19.7 Å². The summed E-state index contributed by atoms with van der Waals surface area (Å²) in [5.41, 5.74) is 8.23. The van der Waals surface area contributed by atoms with Gasteiger partial charge in [-0.15, -0.1) is 11.8 Å². The lowest BCUT2D eigenvalue weighted by molar-refractivity contribution is -0.116. The first-order valence-corrected chi connectivity index (χ1v) is 10.8. The van der Waals surface area contributed by atoms with Gasteiger partial charge in [-0.3, -0.25) is 4.79 Å². The molecule has 2 aromatic carbocycles. The van der Waals surface area contributed by atoms with Gasteiger partial charge in [-0.25, -0.2) is 4.68 Å². The smallest absolute Gasteiger partial charge is 0.264 e. The summed E-state index contributed by atoms with van der Waals surface area (Å²) in [6, 6.07) is 14.6. The van der Waals surface area contributed by atoms with E-state index in [0.717, 1.165) is 5.56 Å². The van der Waals surface area contributed by atoms with Gasteiger partial charge in [0.25, 0.3) is 5.89 Å². The van der Waals surface area contributed by atoms with Gasteiger partial charge in [-0.1, -0.05) is 35.5 Å². The van der Waals surface area contributed by atoms with Gasteiger partial charge < -0.3 is 25.0 Å². The highest BCUT2D eigenvalue weighted by Gasteiger charge is 2.24. The maximum absolute atomic E-state index is 12.6. The van der Waals surface area contributed by atoms with Crippen LogP contribution < -0.4 is 20.5 Å². The molecule has 1 aliphatic heterocycles. The minimum atomic E-state index is -0.298.